The summed E-state index contributed by atoms with van der Waals surface area (Å²) in [4.78, 5) is 20.7. The summed E-state index contributed by atoms with van der Waals surface area (Å²) in [5, 5.41) is 18.7. The Kier molecular flexibility index (Phi) is 4.32. The molecule has 160 valence electrons. The van der Waals surface area contributed by atoms with Gasteiger partial charge in [0.15, 0.2) is 0 Å². The maximum Gasteiger partial charge on any atom is 0.255 e. The smallest absolute Gasteiger partial charge is 0.255 e. The fraction of sp³-hybridized carbons (Fsp3) is 0.652. The molecule has 3 atom stereocenters. The predicted octanol–water partition coefficient (Wildman–Crippen LogP) is 2.82. The van der Waals surface area contributed by atoms with E-state index in [0.29, 0.717) is 35.9 Å². The minimum absolute atomic E-state index is 0.106. The Hall–Kier alpha value is -2.12. The van der Waals surface area contributed by atoms with Gasteiger partial charge in [-0.2, -0.15) is 0 Å². The van der Waals surface area contributed by atoms with Crippen LogP contribution in [-0.2, 0) is 4.74 Å². The van der Waals surface area contributed by atoms with Gasteiger partial charge in [-0.15, -0.1) is 0 Å². The number of carbonyl (C=O) groups excluding carboxylic acids is 1. The molecule has 1 saturated heterocycles. The largest absolute Gasteiger partial charge is 0.390 e. The number of H-pyrrole nitrogens is 1. The van der Waals surface area contributed by atoms with Gasteiger partial charge in [0.05, 0.1) is 23.0 Å². The van der Waals surface area contributed by atoms with Crippen molar-refractivity contribution in [2.75, 3.05) is 18.5 Å². The Balaban J connectivity index is 1.28. The maximum atomic E-state index is 13.1. The number of nitrogens with one attached hydrogen (secondary N) is 3. The van der Waals surface area contributed by atoms with Crippen molar-refractivity contribution >= 4 is 22.6 Å². The Labute approximate surface area is 176 Å². The average Bonchev–Trinajstić information content (AvgIpc) is 3.39. The van der Waals surface area contributed by atoms with Crippen molar-refractivity contribution in [3.8, 4) is 0 Å². The van der Waals surface area contributed by atoms with E-state index in [9.17, 15) is 9.90 Å². The first-order valence-electron chi connectivity index (χ1n) is 11.4. The summed E-state index contributed by atoms with van der Waals surface area (Å²) < 4.78 is 5.65. The molecule has 0 aromatic carbocycles. The van der Waals surface area contributed by atoms with E-state index in [1.807, 2.05) is 12.3 Å². The van der Waals surface area contributed by atoms with Gasteiger partial charge in [-0.25, -0.2) is 4.98 Å². The standard InChI is InChI=1S/C23H30N4O3/c28-22(26-11-16-2-1-5-30-16)18-12-25-21-17(3-4-24-21)20(18)27-19-14-6-13-7-15(19)10-23(29,8-13)9-14/h3-4,12-16,19,29H,1-2,5-11H2,(H,26,28)(H2,24,25,27)/t13?,14?,15?,16?,19-,23+. The quantitative estimate of drug-likeness (QED) is 0.608. The van der Waals surface area contributed by atoms with E-state index in [1.54, 1.807) is 6.20 Å². The van der Waals surface area contributed by atoms with Crippen LogP contribution in [0.15, 0.2) is 18.5 Å². The number of nitrogens with zero attached hydrogens (tertiary/aromatic N) is 1. The third-order valence-corrected chi connectivity index (χ3v) is 7.90. The zero-order valence-electron chi connectivity index (χ0n) is 17.2. The number of hydrogen-bond donors (Lipinski definition) is 4. The normalized spacial score (nSPS) is 37.0. The van der Waals surface area contributed by atoms with Gasteiger partial charge in [0, 0.05) is 37.0 Å². The van der Waals surface area contributed by atoms with Gasteiger partial charge < -0.3 is 25.5 Å². The van der Waals surface area contributed by atoms with Crippen molar-refractivity contribution in [1.29, 1.82) is 0 Å². The number of anilines is 1. The molecule has 4 bridgehead atoms. The van der Waals surface area contributed by atoms with E-state index in [4.69, 9.17) is 4.74 Å². The van der Waals surface area contributed by atoms with E-state index in [-0.39, 0.29) is 12.0 Å². The van der Waals surface area contributed by atoms with Crippen molar-refractivity contribution in [1.82, 2.24) is 15.3 Å². The van der Waals surface area contributed by atoms with Crippen molar-refractivity contribution in [3.63, 3.8) is 0 Å². The van der Waals surface area contributed by atoms with Crippen LogP contribution < -0.4 is 10.6 Å². The second-order valence-corrected chi connectivity index (χ2v) is 10.00. The highest BCUT2D eigenvalue weighted by molar-refractivity contribution is 6.06. The second-order valence-electron chi connectivity index (χ2n) is 10.00. The molecule has 3 unspecified atom stereocenters. The molecule has 1 amide bonds. The third-order valence-electron chi connectivity index (χ3n) is 7.90. The monoisotopic (exact) mass is 410 g/mol. The van der Waals surface area contributed by atoms with E-state index in [1.165, 1.54) is 12.8 Å². The number of fused-ring (bicyclic) bond motifs is 1. The lowest BCUT2D eigenvalue weighted by Crippen LogP contribution is -2.59. The molecule has 7 heteroatoms. The molecule has 30 heavy (non-hydrogen) atoms. The molecule has 5 fully saturated rings. The number of aromatic amines is 1. The summed E-state index contributed by atoms with van der Waals surface area (Å²) in [6.07, 6.45) is 10.8. The molecule has 3 heterocycles. The van der Waals surface area contributed by atoms with Crippen LogP contribution in [0.1, 0.15) is 55.3 Å². The number of rotatable bonds is 5. The van der Waals surface area contributed by atoms with E-state index in [2.05, 4.69) is 20.6 Å². The molecule has 7 nitrogen and oxygen atoms in total. The van der Waals surface area contributed by atoms with Crippen molar-refractivity contribution in [3.05, 3.63) is 24.0 Å². The number of carbonyl (C=O) groups is 1. The fourth-order valence-corrected chi connectivity index (χ4v) is 6.83. The Morgan fingerprint density at radius 1 is 1.30 bits per heavy atom. The van der Waals surface area contributed by atoms with E-state index >= 15 is 0 Å². The highest BCUT2D eigenvalue weighted by Crippen LogP contribution is 2.56. The molecule has 4 saturated carbocycles. The first-order chi connectivity index (χ1) is 14.6. The molecule has 1 aliphatic heterocycles. The first kappa shape index (κ1) is 18.6. The summed E-state index contributed by atoms with van der Waals surface area (Å²) >= 11 is 0. The highest BCUT2D eigenvalue weighted by atomic mass is 16.5. The number of pyridine rings is 1. The first-order valence-corrected chi connectivity index (χ1v) is 11.4. The van der Waals surface area contributed by atoms with Gasteiger partial charge in [0.25, 0.3) is 5.91 Å². The molecular weight excluding hydrogens is 380 g/mol. The van der Waals surface area contributed by atoms with Crippen molar-refractivity contribution in [2.24, 2.45) is 17.8 Å². The van der Waals surface area contributed by atoms with E-state index in [0.717, 1.165) is 55.4 Å². The number of amides is 1. The average molecular weight is 411 g/mol. The molecule has 4 N–H and O–H groups in total. The Bertz CT molecular complexity index is 951. The lowest BCUT2D eigenvalue weighted by Gasteiger charge is -2.58. The predicted molar refractivity (Wildman–Crippen MR) is 113 cm³/mol. The number of aromatic nitrogens is 2. The van der Waals surface area contributed by atoms with Crippen LogP contribution >= 0.6 is 0 Å². The molecule has 7 rings (SSSR count). The number of ether oxygens (including phenoxy) is 1. The summed E-state index contributed by atoms with van der Waals surface area (Å²) in [5.41, 5.74) is 1.79. The van der Waals surface area contributed by atoms with Gasteiger partial charge in [-0.1, -0.05) is 0 Å². The van der Waals surface area contributed by atoms with Crippen LogP contribution in [-0.4, -0.2) is 51.9 Å². The molecule has 2 aromatic rings. The van der Waals surface area contributed by atoms with Crippen LogP contribution in [0.5, 0.6) is 0 Å². The molecule has 0 spiro atoms. The van der Waals surface area contributed by atoms with Gasteiger partial charge >= 0.3 is 0 Å². The summed E-state index contributed by atoms with van der Waals surface area (Å²) in [7, 11) is 0. The molecule has 2 aromatic heterocycles. The Morgan fingerprint density at radius 3 is 2.87 bits per heavy atom. The molecular formula is C23H30N4O3. The van der Waals surface area contributed by atoms with Gasteiger partial charge in [0.2, 0.25) is 0 Å². The highest BCUT2D eigenvalue weighted by Gasteiger charge is 2.54. The minimum Gasteiger partial charge on any atom is -0.390 e. The number of hydrogen-bond acceptors (Lipinski definition) is 5. The maximum absolute atomic E-state index is 13.1. The lowest BCUT2D eigenvalue weighted by molar-refractivity contribution is -0.129. The minimum atomic E-state index is -0.460. The van der Waals surface area contributed by atoms with Crippen LogP contribution in [0, 0.1) is 17.8 Å². The van der Waals surface area contributed by atoms with Crippen molar-refractivity contribution in [2.45, 2.75) is 62.7 Å². The van der Waals surface area contributed by atoms with Gasteiger partial charge in [-0.05, 0) is 68.8 Å². The summed E-state index contributed by atoms with van der Waals surface area (Å²) in [5.74, 6) is 1.48. The zero-order valence-corrected chi connectivity index (χ0v) is 17.2. The van der Waals surface area contributed by atoms with Crippen molar-refractivity contribution < 1.29 is 14.6 Å². The molecule has 5 aliphatic rings. The molecule has 0 radical (unpaired) electrons. The summed E-state index contributed by atoms with van der Waals surface area (Å²) in [6.45, 7) is 1.31. The van der Waals surface area contributed by atoms with Crippen LogP contribution in [0.25, 0.3) is 11.0 Å². The van der Waals surface area contributed by atoms with Gasteiger partial charge in [0.1, 0.15) is 5.65 Å². The van der Waals surface area contributed by atoms with Gasteiger partial charge in [-0.3, -0.25) is 4.79 Å². The third kappa shape index (κ3) is 3.10. The van der Waals surface area contributed by atoms with Crippen LogP contribution in [0.3, 0.4) is 0 Å². The Morgan fingerprint density at radius 2 is 2.13 bits per heavy atom. The SMILES string of the molecule is O=C(NCC1CCCO1)c1cnc2[nH]ccc2c1N[C@H]1C2CC3CC1C[C@@](O)(C3)C2. The van der Waals surface area contributed by atoms with Crippen LogP contribution in [0.2, 0.25) is 0 Å². The fourth-order valence-electron chi connectivity index (χ4n) is 6.83. The molecule has 4 aliphatic carbocycles. The van der Waals surface area contributed by atoms with Crippen LogP contribution in [0.4, 0.5) is 5.69 Å². The zero-order chi connectivity index (χ0) is 20.3. The summed E-state index contributed by atoms with van der Waals surface area (Å²) in [6, 6.07) is 2.29. The number of aliphatic hydroxyl groups is 1. The lowest BCUT2D eigenvalue weighted by atomic mass is 9.52. The second kappa shape index (κ2) is 6.95. The topological polar surface area (TPSA) is 99.3 Å². The van der Waals surface area contributed by atoms with E-state index < -0.39 is 5.60 Å².